The van der Waals surface area contributed by atoms with E-state index in [4.69, 9.17) is 0 Å². The smallest absolute Gasteiger partial charge is 0.296 e. The van der Waals surface area contributed by atoms with Gasteiger partial charge in [0, 0.05) is 16.0 Å². The average molecular weight is 614 g/mol. The molecule has 0 radical (unpaired) electrons. The maximum atomic E-state index is 11.8. The Morgan fingerprint density at radius 3 is 1.51 bits per heavy atom. The van der Waals surface area contributed by atoms with Crippen LogP contribution in [0.25, 0.3) is 44.8 Å². The van der Waals surface area contributed by atoms with Crippen molar-refractivity contribution in [3.05, 3.63) is 48.5 Å². The van der Waals surface area contributed by atoms with Crippen LogP contribution in [0, 0.1) is 0 Å². The SMILES string of the molecule is O=S([O-])c1cc(S(=O)(=O)O)c2nc(-c3ccc(-c4nc5c(S(=O)(=O)O)cc(S(=O)(=O)O)cc5[nH]4)cc3)[nH]c2c1. The summed E-state index contributed by atoms with van der Waals surface area (Å²) >= 11 is -2.79. The van der Waals surface area contributed by atoms with E-state index in [0.29, 0.717) is 17.2 Å². The van der Waals surface area contributed by atoms with Crippen LogP contribution < -0.4 is 0 Å². The first-order valence-corrected chi connectivity index (χ1v) is 15.6. The standard InChI is InChI=1S/C20H14N4O11S4/c25-36(26)11-5-13-17(15(6-11)38(30,31)32)23-19(21-13)9-1-3-10(4-2-9)20-22-14-7-12(37(27,28)29)8-16(18(14)24-20)39(33,34)35/h1-8H,(H,21,23)(H,22,24)(H,25,26)(H,27,28,29)(H,30,31,32)(H,33,34,35)/p-1. The highest BCUT2D eigenvalue weighted by atomic mass is 32.2. The molecule has 0 aliphatic heterocycles. The number of hydrogen-bond donors (Lipinski definition) is 5. The van der Waals surface area contributed by atoms with Crippen molar-refractivity contribution in [2.24, 2.45) is 0 Å². The zero-order chi connectivity index (χ0) is 28.5. The van der Waals surface area contributed by atoms with Gasteiger partial charge in [0.1, 0.15) is 32.5 Å². The van der Waals surface area contributed by atoms with E-state index in [1.165, 1.54) is 24.3 Å². The molecule has 0 bridgehead atoms. The molecule has 19 heteroatoms. The molecule has 2 aromatic heterocycles. The number of nitrogens with zero attached hydrogens (tertiary/aromatic N) is 2. The monoisotopic (exact) mass is 613 g/mol. The van der Waals surface area contributed by atoms with Gasteiger partial charge in [-0.1, -0.05) is 24.3 Å². The molecule has 1 unspecified atom stereocenters. The largest absolute Gasteiger partial charge is 0.768 e. The van der Waals surface area contributed by atoms with Crippen LogP contribution in [0.2, 0.25) is 0 Å². The Kier molecular flexibility index (Phi) is 6.23. The number of rotatable bonds is 6. The van der Waals surface area contributed by atoms with Gasteiger partial charge in [0.2, 0.25) is 0 Å². The fourth-order valence-corrected chi connectivity index (χ4v) is 6.28. The maximum Gasteiger partial charge on any atom is 0.296 e. The van der Waals surface area contributed by atoms with E-state index in [1.807, 2.05) is 0 Å². The van der Waals surface area contributed by atoms with Crippen molar-refractivity contribution in [3.63, 3.8) is 0 Å². The molecule has 39 heavy (non-hydrogen) atoms. The Morgan fingerprint density at radius 2 is 1.10 bits per heavy atom. The number of aromatic amines is 2. The van der Waals surface area contributed by atoms with Gasteiger partial charge < -0.3 is 14.5 Å². The lowest BCUT2D eigenvalue weighted by Crippen LogP contribution is -2.04. The first-order valence-electron chi connectivity index (χ1n) is 10.2. The Hall–Kier alpha value is -3.56. The summed E-state index contributed by atoms with van der Waals surface area (Å²) in [4.78, 5) is 11.1. The van der Waals surface area contributed by atoms with Gasteiger partial charge in [-0.25, -0.2) is 9.97 Å². The summed E-state index contributed by atoms with van der Waals surface area (Å²) in [6, 6.07) is 9.42. The minimum absolute atomic E-state index is 0.0214. The molecule has 5 aromatic rings. The number of nitrogens with one attached hydrogen (secondary N) is 2. The van der Waals surface area contributed by atoms with Gasteiger partial charge in [0.05, 0.1) is 15.9 Å². The van der Waals surface area contributed by atoms with E-state index in [9.17, 15) is 47.7 Å². The third kappa shape index (κ3) is 5.08. The van der Waals surface area contributed by atoms with Crippen LogP contribution in [-0.2, 0) is 41.4 Å². The van der Waals surface area contributed by atoms with Crippen molar-refractivity contribution in [1.29, 1.82) is 0 Å². The van der Waals surface area contributed by atoms with Gasteiger partial charge in [-0.05, 0) is 35.3 Å². The van der Waals surface area contributed by atoms with Crippen LogP contribution in [0.1, 0.15) is 0 Å². The number of fused-ring (bicyclic) bond motifs is 2. The van der Waals surface area contributed by atoms with Gasteiger partial charge in [0.25, 0.3) is 30.4 Å². The van der Waals surface area contributed by atoms with E-state index < -0.39 is 61.0 Å². The summed E-state index contributed by atoms with van der Waals surface area (Å²) in [6.07, 6.45) is 0. The summed E-state index contributed by atoms with van der Waals surface area (Å²) in [5, 5.41) is 0. The van der Waals surface area contributed by atoms with Gasteiger partial charge in [0.15, 0.2) is 0 Å². The molecule has 0 saturated heterocycles. The number of benzene rings is 3. The lowest BCUT2D eigenvalue weighted by atomic mass is 10.1. The normalized spacial score (nSPS) is 13.7. The topological polar surface area (TPSA) is 261 Å². The van der Waals surface area contributed by atoms with E-state index in [0.717, 1.165) is 18.2 Å². The van der Waals surface area contributed by atoms with Crippen LogP contribution in [0.15, 0.2) is 68.1 Å². The van der Waals surface area contributed by atoms with Crippen molar-refractivity contribution in [1.82, 2.24) is 19.9 Å². The van der Waals surface area contributed by atoms with Crippen molar-refractivity contribution in [2.75, 3.05) is 0 Å². The summed E-state index contributed by atoms with van der Waals surface area (Å²) in [5.74, 6) is 0.182. The van der Waals surface area contributed by atoms with Gasteiger partial charge in [-0.2, -0.15) is 25.3 Å². The van der Waals surface area contributed by atoms with Crippen LogP contribution >= 0.6 is 0 Å². The van der Waals surface area contributed by atoms with Crippen molar-refractivity contribution in [3.8, 4) is 22.8 Å². The van der Waals surface area contributed by atoms with Crippen LogP contribution in [0.5, 0.6) is 0 Å². The molecule has 0 saturated carbocycles. The minimum atomic E-state index is -4.93. The molecule has 0 aliphatic carbocycles. The molecule has 0 amide bonds. The average Bonchev–Trinajstić information content (AvgIpc) is 3.45. The van der Waals surface area contributed by atoms with Gasteiger partial charge in [-0.3, -0.25) is 17.9 Å². The van der Waals surface area contributed by atoms with Crippen molar-refractivity contribution in [2.45, 2.75) is 19.6 Å². The number of hydrogen-bond acceptors (Lipinski definition) is 10. The van der Waals surface area contributed by atoms with E-state index in [1.54, 1.807) is 0 Å². The maximum absolute atomic E-state index is 11.8. The lowest BCUT2D eigenvalue weighted by molar-refractivity contribution is 0.479. The summed E-state index contributed by atoms with van der Waals surface area (Å²) in [7, 11) is -14.6. The fraction of sp³-hybridized carbons (Fsp3) is 0. The quantitative estimate of drug-likeness (QED) is 0.135. The highest BCUT2D eigenvalue weighted by Gasteiger charge is 2.24. The minimum Gasteiger partial charge on any atom is -0.768 e. The van der Waals surface area contributed by atoms with Gasteiger partial charge in [-0.15, -0.1) is 0 Å². The molecule has 1 atom stereocenters. The number of imidazole rings is 2. The summed E-state index contributed by atoms with van der Waals surface area (Å²) in [6.45, 7) is 0. The zero-order valence-corrected chi connectivity index (χ0v) is 22.0. The van der Waals surface area contributed by atoms with Crippen molar-refractivity contribution >= 4 is 63.5 Å². The number of H-pyrrole nitrogens is 2. The third-order valence-electron chi connectivity index (χ3n) is 5.53. The highest BCUT2D eigenvalue weighted by molar-refractivity contribution is 7.87. The van der Waals surface area contributed by atoms with E-state index in [2.05, 4.69) is 19.9 Å². The molecular formula is C20H13N4O11S4-. The molecule has 0 spiro atoms. The first-order chi connectivity index (χ1) is 18.0. The second kappa shape index (κ2) is 8.99. The summed E-state index contributed by atoms with van der Waals surface area (Å²) < 4.78 is 121. The zero-order valence-electron chi connectivity index (χ0n) is 18.8. The van der Waals surface area contributed by atoms with Gasteiger partial charge >= 0.3 is 0 Å². The molecule has 3 aromatic carbocycles. The predicted octanol–water partition coefficient (Wildman–Crippen LogP) is 1.75. The second-order valence-corrected chi connectivity index (χ2v) is 13.2. The van der Waals surface area contributed by atoms with E-state index >= 15 is 0 Å². The molecule has 2 heterocycles. The van der Waals surface area contributed by atoms with E-state index in [-0.39, 0.29) is 33.7 Å². The molecule has 5 rings (SSSR count). The predicted molar refractivity (Wildman–Crippen MR) is 133 cm³/mol. The Balaban J connectivity index is 1.60. The Bertz CT molecular complexity index is 2170. The molecule has 5 N–H and O–H groups in total. The summed E-state index contributed by atoms with van der Waals surface area (Å²) in [5.41, 5.74) is 0.181. The molecular weight excluding hydrogens is 601 g/mol. The molecule has 204 valence electrons. The molecule has 0 aliphatic rings. The molecule has 0 fully saturated rings. The van der Waals surface area contributed by atoms with Crippen LogP contribution in [0.3, 0.4) is 0 Å². The Labute approximate surface area is 221 Å². The Morgan fingerprint density at radius 1 is 0.667 bits per heavy atom. The molecule has 15 nitrogen and oxygen atoms in total. The van der Waals surface area contributed by atoms with Crippen LogP contribution in [-0.4, -0.2) is 67.6 Å². The second-order valence-electron chi connectivity index (χ2n) is 8.04. The lowest BCUT2D eigenvalue weighted by Gasteiger charge is -2.06. The highest BCUT2D eigenvalue weighted by Crippen LogP contribution is 2.31. The third-order valence-corrected chi connectivity index (χ3v) is 8.71. The van der Waals surface area contributed by atoms with Crippen molar-refractivity contribution < 1.29 is 47.7 Å². The first kappa shape index (κ1) is 27.0. The van der Waals surface area contributed by atoms with Crippen LogP contribution in [0.4, 0.5) is 0 Å². The number of aromatic nitrogens is 4. The fourth-order valence-electron chi connectivity index (χ4n) is 3.82.